The van der Waals surface area contributed by atoms with Crippen molar-refractivity contribution in [1.82, 2.24) is 0 Å². The highest BCUT2D eigenvalue weighted by Gasteiger charge is 2.40. The Morgan fingerprint density at radius 2 is 1.89 bits per heavy atom. The summed E-state index contributed by atoms with van der Waals surface area (Å²) in [6, 6.07) is 7.87. The van der Waals surface area contributed by atoms with Gasteiger partial charge in [-0.1, -0.05) is 37.6 Å². The third-order valence-corrected chi connectivity index (χ3v) is 4.44. The number of allylic oxidation sites excluding steroid dienone is 1. The van der Waals surface area contributed by atoms with E-state index in [1.807, 2.05) is 38.1 Å². The molecule has 0 saturated carbocycles. The molecule has 0 aliphatic carbocycles. The van der Waals surface area contributed by atoms with E-state index in [4.69, 9.17) is 4.74 Å². The van der Waals surface area contributed by atoms with Crippen LogP contribution in [0.15, 0.2) is 40.1 Å². The first kappa shape index (κ1) is 13.5. The molecule has 1 fully saturated rings. The van der Waals surface area contributed by atoms with Gasteiger partial charge in [-0.3, -0.25) is 0 Å². The zero-order valence-electron chi connectivity index (χ0n) is 11.3. The summed E-state index contributed by atoms with van der Waals surface area (Å²) in [6.45, 7) is 8.24. The molecule has 0 spiro atoms. The number of ether oxygens (including phenoxy) is 1. The number of benzene rings is 1. The lowest BCUT2D eigenvalue weighted by atomic mass is 10.2. The van der Waals surface area contributed by atoms with E-state index in [-0.39, 0.29) is 12.2 Å². The molecular formula is C15H20O2S. The second-order valence-electron chi connectivity index (χ2n) is 5.16. The van der Waals surface area contributed by atoms with Gasteiger partial charge in [0.15, 0.2) is 0 Å². The van der Waals surface area contributed by atoms with E-state index in [1.165, 1.54) is 5.56 Å². The van der Waals surface area contributed by atoms with Crippen LogP contribution in [0.1, 0.15) is 26.3 Å². The molecule has 3 atom stereocenters. The van der Waals surface area contributed by atoms with Crippen LogP contribution in [0.4, 0.5) is 0 Å². The number of rotatable bonds is 4. The second-order valence-corrected chi connectivity index (χ2v) is 6.64. The van der Waals surface area contributed by atoms with E-state index in [1.54, 1.807) is 0 Å². The molecule has 2 nitrogen and oxygen atoms in total. The SMILES string of the molecule is Cc1ccc(S(=O)/C(=C/C(C)C)[C@@H]2O[C@H]2C)cc1. The summed E-state index contributed by atoms with van der Waals surface area (Å²) < 4.78 is 18.1. The van der Waals surface area contributed by atoms with Crippen LogP contribution in [-0.2, 0) is 15.5 Å². The zero-order chi connectivity index (χ0) is 13.3. The lowest BCUT2D eigenvalue weighted by Crippen LogP contribution is -2.06. The van der Waals surface area contributed by atoms with E-state index in [0.29, 0.717) is 5.92 Å². The van der Waals surface area contributed by atoms with Crippen LogP contribution >= 0.6 is 0 Å². The minimum atomic E-state index is -1.10. The summed E-state index contributed by atoms with van der Waals surface area (Å²) >= 11 is 0. The van der Waals surface area contributed by atoms with Gasteiger partial charge in [0.25, 0.3) is 0 Å². The van der Waals surface area contributed by atoms with Crippen LogP contribution in [-0.4, -0.2) is 16.4 Å². The van der Waals surface area contributed by atoms with Crippen LogP contribution < -0.4 is 0 Å². The van der Waals surface area contributed by atoms with Crippen LogP contribution in [0.2, 0.25) is 0 Å². The molecule has 1 aliphatic rings. The maximum Gasteiger partial charge on any atom is 0.117 e. The maximum absolute atomic E-state index is 12.6. The highest BCUT2D eigenvalue weighted by Crippen LogP contribution is 2.33. The normalized spacial score (nSPS) is 25.3. The highest BCUT2D eigenvalue weighted by atomic mass is 32.2. The van der Waals surface area contributed by atoms with E-state index in [2.05, 4.69) is 19.9 Å². The molecule has 1 aromatic carbocycles. The summed E-state index contributed by atoms with van der Waals surface area (Å²) in [5.74, 6) is 0.380. The van der Waals surface area contributed by atoms with Crippen molar-refractivity contribution in [2.45, 2.75) is 44.8 Å². The van der Waals surface area contributed by atoms with Crippen molar-refractivity contribution < 1.29 is 8.95 Å². The van der Waals surface area contributed by atoms with Crippen LogP contribution in [0.3, 0.4) is 0 Å². The van der Waals surface area contributed by atoms with Gasteiger partial charge in [-0.2, -0.15) is 0 Å². The zero-order valence-corrected chi connectivity index (χ0v) is 12.2. The number of hydrogen-bond acceptors (Lipinski definition) is 2. The highest BCUT2D eigenvalue weighted by molar-refractivity contribution is 7.89. The smallest absolute Gasteiger partial charge is 0.117 e. The molecule has 1 saturated heterocycles. The molecule has 98 valence electrons. The first-order chi connectivity index (χ1) is 8.49. The van der Waals surface area contributed by atoms with Crippen molar-refractivity contribution in [2.24, 2.45) is 5.92 Å². The van der Waals surface area contributed by atoms with Crippen molar-refractivity contribution in [3.63, 3.8) is 0 Å². The fraction of sp³-hybridized carbons (Fsp3) is 0.467. The molecular weight excluding hydrogens is 244 g/mol. The van der Waals surface area contributed by atoms with Crippen LogP contribution in [0.5, 0.6) is 0 Å². The van der Waals surface area contributed by atoms with Gasteiger partial charge < -0.3 is 4.74 Å². The quantitative estimate of drug-likeness (QED) is 0.780. The lowest BCUT2D eigenvalue weighted by Gasteiger charge is -2.07. The van der Waals surface area contributed by atoms with Crippen LogP contribution in [0, 0.1) is 12.8 Å². The van der Waals surface area contributed by atoms with Crippen molar-refractivity contribution in [1.29, 1.82) is 0 Å². The van der Waals surface area contributed by atoms with Crippen molar-refractivity contribution in [3.8, 4) is 0 Å². The number of epoxide rings is 1. The molecule has 18 heavy (non-hydrogen) atoms. The van der Waals surface area contributed by atoms with Gasteiger partial charge in [0.2, 0.25) is 0 Å². The average molecular weight is 264 g/mol. The summed E-state index contributed by atoms with van der Waals surface area (Å²) in [5.41, 5.74) is 1.18. The first-order valence-corrected chi connectivity index (χ1v) is 7.49. The Hall–Kier alpha value is -0.930. The number of hydrogen-bond donors (Lipinski definition) is 0. The molecule has 0 N–H and O–H groups in total. The second kappa shape index (κ2) is 5.37. The Balaban J connectivity index is 2.26. The van der Waals surface area contributed by atoms with E-state index in [0.717, 1.165) is 9.80 Å². The van der Waals surface area contributed by atoms with Gasteiger partial charge in [-0.15, -0.1) is 0 Å². The van der Waals surface area contributed by atoms with Gasteiger partial charge >= 0.3 is 0 Å². The fourth-order valence-electron chi connectivity index (χ4n) is 1.87. The summed E-state index contributed by atoms with van der Waals surface area (Å²) in [6.07, 6.45) is 2.31. The first-order valence-electron chi connectivity index (χ1n) is 6.34. The summed E-state index contributed by atoms with van der Waals surface area (Å²) in [5, 5.41) is 0. The predicted molar refractivity (Wildman–Crippen MR) is 74.8 cm³/mol. The Morgan fingerprint density at radius 1 is 1.33 bits per heavy atom. The average Bonchev–Trinajstić information content (AvgIpc) is 3.03. The standard InChI is InChI=1S/C15H20O2S/c1-10(2)9-14(15-12(4)17-15)18(16)13-7-5-11(3)6-8-13/h5-10,12,15H,1-4H3/b14-9+/t12-,15+,18?/m0/s1. The molecule has 1 aromatic rings. The largest absolute Gasteiger partial charge is 0.364 e. The Bertz CT molecular complexity index is 474. The van der Waals surface area contributed by atoms with Crippen molar-refractivity contribution >= 4 is 10.8 Å². The minimum Gasteiger partial charge on any atom is -0.364 e. The van der Waals surface area contributed by atoms with Crippen LogP contribution in [0.25, 0.3) is 0 Å². The predicted octanol–water partition coefficient (Wildman–Crippen LogP) is 3.43. The van der Waals surface area contributed by atoms with Gasteiger partial charge in [0.05, 0.1) is 16.9 Å². The Labute approximate surface area is 112 Å². The molecule has 0 aromatic heterocycles. The van der Waals surface area contributed by atoms with E-state index >= 15 is 0 Å². The third-order valence-electron chi connectivity index (χ3n) is 2.94. The summed E-state index contributed by atoms with van der Waals surface area (Å²) in [4.78, 5) is 1.77. The van der Waals surface area contributed by atoms with Crippen molar-refractivity contribution in [3.05, 3.63) is 40.8 Å². The Kier molecular flexibility index (Phi) is 4.03. The van der Waals surface area contributed by atoms with E-state index in [9.17, 15) is 4.21 Å². The van der Waals surface area contributed by atoms with Crippen molar-refractivity contribution in [2.75, 3.05) is 0 Å². The van der Waals surface area contributed by atoms with E-state index < -0.39 is 10.8 Å². The molecule has 2 rings (SSSR count). The fourth-order valence-corrected chi connectivity index (χ4v) is 3.38. The lowest BCUT2D eigenvalue weighted by molar-refractivity contribution is 0.398. The third kappa shape index (κ3) is 3.09. The topological polar surface area (TPSA) is 29.6 Å². The molecule has 0 bridgehead atoms. The molecule has 1 unspecified atom stereocenters. The summed E-state index contributed by atoms with van der Waals surface area (Å²) in [7, 11) is -1.10. The molecule has 3 heteroatoms. The Morgan fingerprint density at radius 3 is 2.33 bits per heavy atom. The van der Waals surface area contributed by atoms with Gasteiger partial charge in [0.1, 0.15) is 6.10 Å². The van der Waals surface area contributed by atoms with Gasteiger partial charge in [0, 0.05) is 9.80 Å². The molecule has 0 amide bonds. The molecule has 0 radical (unpaired) electrons. The minimum absolute atomic E-state index is 0.0366. The monoisotopic (exact) mass is 264 g/mol. The molecule has 1 aliphatic heterocycles. The maximum atomic E-state index is 12.6. The number of aryl methyl sites for hydroxylation is 1. The van der Waals surface area contributed by atoms with Gasteiger partial charge in [-0.05, 0) is 31.9 Å². The van der Waals surface area contributed by atoms with Gasteiger partial charge in [-0.25, -0.2) is 4.21 Å². The molecule has 1 heterocycles.